The highest BCUT2D eigenvalue weighted by atomic mass is 16.3. The van der Waals surface area contributed by atoms with Gasteiger partial charge < -0.3 is 14.9 Å². The first-order valence-electron chi connectivity index (χ1n) is 9.20. The van der Waals surface area contributed by atoms with Crippen molar-refractivity contribution in [2.75, 3.05) is 50.7 Å². The molecule has 132 valence electrons. The number of amides is 1. The molecular weight excluding hydrogens is 302 g/mol. The van der Waals surface area contributed by atoms with Crippen LogP contribution in [0.3, 0.4) is 0 Å². The lowest BCUT2D eigenvalue weighted by Gasteiger charge is -2.36. The fraction of sp³-hybridized carbons (Fsp3) is 0.632. The van der Waals surface area contributed by atoms with Crippen molar-refractivity contribution in [3.05, 3.63) is 30.3 Å². The Kier molecular flexibility index (Phi) is 6.10. The number of β-amino-alcohol motifs (C(OH)–C–C–N with tert-alkyl or cyclic N) is 1. The number of para-hydroxylation sites is 1. The molecule has 1 aromatic carbocycles. The first-order valence-corrected chi connectivity index (χ1v) is 9.20. The topological polar surface area (TPSA) is 47.0 Å². The normalized spacial score (nSPS) is 22.6. The molecule has 1 atom stereocenters. The lowest BCUT2D eigenvalue weighted by atomic mass is 10.1. The standard InChI is InChI=1S/C19H29N3O2/c23-18-8-4-11-22(16-18)19(24)9-5-10-20-12-14-21(15-13-20)17-6-2-1-3-7-17/h1-3,6-7,18,23H,4-5,8-16H2/t18-/m0/s1. The molecule has 5 nitrogen and oxygen atoms in total. The smallest absolute Gasteiger partial charge is 0.222 e. The van der Waals surface area contributed by atoms with Gasteiger partial charge in [-0.1, -0.05) is 18.2 Å². The number of carbonyl (C=O) groups is 1. The Morgan fingerprint density at radius 3 is 2.54 bits per heavy atom. The van der Waals surface area contributed by atoms with E-state index in [1.54, 1.807) is 0 Å². The Morgan fingerprint density at radius 1 is 1.08 bits per heavy atom. The number of aliphatic hydroxyl groups is 1. The van der Waals surface area contributed by atoms with Crippen molar-refractivity contribution >= 4 is 11.6 Å². The first kappa shape index (κ1) is 17.2. The minimum absolute atomic E-state index is 0.205. The number of carbonyl (C=O) groups excluding carboxylic acids is 1. The van der Waals surface area contributed by atoms with E-state index in [2.05, 4.69) is 40.1 Å². The Morgan fingerprint density at radius 2 is 1.83 bits per heavy atom. The Bertz CT molecular complexity index is 515. The molecule has 2 aliphatic rings. The molecule has 1 N–H and O–H groups in total. The highest BCUT2D eigenvalue weighted by molar-refractivity contribution is 5.76. The van der Waals surface area contributed by atoms with Gasteiger partial charge in [0.1, 0.15) is 0 Å². The zero-order valence-electron chi connectivity index (χ0n) is 14.4. The maximum Gasteiger partial charge on any atom is 0.222 e. The summed E-state index contributed by atoms with van der Waals surface area (Å²) < 4.78 is 0. The van der Waals surface area contributed by atoms with Crippen LogP contribution in [0.5, 0.6) is 0 Å². The van der Waals surface area contributed by atoms with E-state index in [0.717, 1.165) is 58.5 Å². The van der Waals surface area contributed by atoms with Crippen LogP contribution in [0.4, 0.5) is 5.69 Å². The van der Waals surface area contributed by atoms with Crippen LogP contribution in [0.2, 0.25) is 0 Å². The van der Waals surface area contributed by atoms with Gasteiger partial charge in [-0.15, -0.1) is 0 Å². The summed E-state index contributed by atoms with van der Waals surface area (Å²) in [4.78, 5) is 18.9. The molecule has 2 saturated heterocycles. The second-order valence-corrected chi connectivity index (χ2v) is 6.90. The lowest BCUT2D eigenvalue weighted by molar-refractivity contribution is -0.134. The molecule has 0 saturated carbocycles. The van der Waals surface area contributed by atoms with Gasteiger partial charge in [-0.3, -0.25) is 9.69 Å². The van der Waals surface area contributed by atoms with Gasteiger partial charge >= 0.3 is 0 Å². The fourth-order valence-electron chi connectivity index (χ4n) is 3.66. The second-order valence-electron chi connectivity index (χ2n) is 6.90. The SMILES string of the molecule is O=C(CCCN1CCN(c2ccccc2)CC1)N1CCC[C@H](O)C1. The summed E-state index contributed by atoms with van der Waals surface area (Å²) in [5, 5.41) is 9.67. The summed E-state index contributed by atoms with van der Waals surface area (Å²) in [5.41, 5.74) is 1.30. The number of piperazine rings is 1. The van der Waals surface area contributed by atoms with Crippen LogP contribution >= 0.6 is 0 Å². The van der Waals surface area contributed by atoms with Crippen molar-refractivity contribution in [1.29, 1.82) is 0 Å². The number of benzene rings is 1. The van der Waals surface area contributed by atoms with Crippen molar-refractivity contribution in [2.45, 2.75) is 31.8 Å². The van der Waals surface area contributed by atoms with Crippen LogP contribution < -0.4 is 4.90 Å². The van der Waals surface area contributed by atoms with Gasteiger partial charge in [-0.2, -0.15) is 0 Å². The summed E-state index contributed by atoms with van der Waals surface area (Å²) in [7, 11) is 0. The summed E-state index contributed by atoms with van der Waals surface area (Å²) >= 11 is 0. The van der Waals surface area contributed by atoms with E-state index in [1.807, 2.05) is 4.90 Å². The molecule has 2 aliphatic heterocycles. The number of anilines is 1. The van der Waals surface area contributed by atoms with Crippen molar-refractivity contribution in [1.82, 2.24) is 9.80 Å². The van der Waals surface area contributed by atoms with Crippen molar-refractivity contribution in [3.63, 3.8) is 0 Å². The maximum absolute atomic E-state index is 12.2. The van der Waals surface area contributed by atoms with Gasteiger partial charge in [0.05, 0.1) is 6.10 Å². The summed E-state index contributed by atoms with van der Waals surface area (Å²) in [6.45, 7) is 6.55. The maximum atomic E-state index is 12.2. The van der Waals surface area contributed by atoms with Gasteiger partial charge in [0, 0.05) is 51.4 Å². The molecule has 2 fully saturated rings. The van der Waals surface area contributed by atoms with Gasteiger partial charge in [-0.05, 0) is 37.9 Å². The van der Waals surface area contributed by atoms with E-state index >= 15 is 0 Å². The lowest BCUT2D eigenvalue weighted by Crippen LogP contribution is -2.47. The Hall–Kier alpha value is -1.59. The van der Waals surface area contributed by atoms with E-state index in [4.69, 9.17) is 0 Å². The Balaban J connectivity index is 1.34. The van der Waals surface area contributed by atoms with Gasteiger partial charge in [0.2, 0.25) is 5.91 Å². The van der Waals surface area contributed by atoms with E-state index in [0.29, 0.717) is 13.0 Å². The zero-order valence-corrected chi connectivity index (χ0v) is 14.4. The summed E-state index contributed by atoms with van der Waals surface area (Å²) in [6, 6.07) is 10.6. The number of hydrogen-bond acceptors (Lipinski definition) is 4. The van der Waals surface area contributed by atoms with Crippen LogP contribution in [0.15, 0.2) is 30.3 Å². The molecule has 0 unspecified atom stereocenters. The largest absolute Gasteiger partial charge is 0.391 e. The minimum Gasteiger partial charge on any atom is -0.391 e. The molecule has 0 spiro atoms. The van der Waals surface area contributed by atoms with Crippen LogP contribution in [0.1, 0.15) is 25.7 Å². The van der Waals surface area contributed by atoms with Crippen LogP contribution in [-0.2, 0) is 4.79 Å². The molecule has 5 heteroatoms. The molecule has 2 heterocycles. The third kappa shape index (κ3) is 4.71. The van der Waals surface area contributed by atoms with Crippen LogP contribution in [0, 0.1) is 0 Å². The van der Waals surface area contributed by atoms with Gasteiger partial charge in [0.25, 0.3) is 0 Å². The molecule has 24 heavy (non-hydrogen) atoms. The molecule has 0 radical (unpaired) electrons. The average molecular weight is 331 g/mol. The summed E-state index contributed by atoms with van der Waals surface area (Å²) in [6.07, 6.45) is 2.94. The number of nitrogens with zero attached hydrogens (tertiary/aromatic N) is 3. The molecule has 1 amide bonds. The number of likely N-dealkylation sites (tertiary alicyclic amines) is 1. The quantitative estimate of drug-likeness (QED) is 0.890. The van der Waals surface area contributed by atoms with Gasteiger partial charge in [0.15, 0.2) is 0 Å². The third-order valence-corrected chi connectivity index (χ3v) is 5.11. The van der Waals surface area contributed by atoms with E-state index < -0.39 is 0 Å². The van der Waals surface area contributed by atoms with Crippen LogP contribution in [-0.4, -0.2) is 72.7 Å². The Labute approximate surface area is 144 Å². The molecular formula is C19H29N3O2. The third-order valence-electron chi connectivity index (χ3n) is 5.11. The van der Waals surface area contributed by atoms with Crippen molar-refractivity contribution < 1.29 is 9.90 Å². The predicted octanol–water partition coefficient (Wildman–Crippen LogP) is 1.57. The highest BCUT2D eigenvalue weighted by Crippen LogP contribution is 2.16. The highest BCUT2D eigenvalue weighted by Gasteiger charge is 2.22. The van der Waals surface area contributed by atoms with Crippen molar-refractivity contribution in [3.8, 4) is 0 Å². The summed E-state index contributed by atoms with van der Waals surface area (Å²) in [5.74, 6) is 0.205. The van der Waals surface area contributed by atoms with E-state index in [9.17, 15) is 9.90 Å². The van der Waals surface area contributed by atoms with Crippen molar-refractivity contribution in [2.24, 2.45) is 0 Å². The second kappa shape index (κ2) is 8.49. The minimum atomic E-state index is -0.325. The fourth-order valence-corrected chi connectivity index (χ4v) is 3.66. The number of rotatable bonds is 5. The van der Waals surface area contributed by atoms with Crippen LogP contribution in [0.25, 0.3) is 0 Å². The predicted molar refractivity (Wildman–Crippen MR) is 96.1 cm³/mol. The van der Waals surface area contributed by atoms with E-state index in [-0.39, 0.29) is 12.0 Å². The average Bonchev–Trinajstić information content (AvgIpc) is 2.63. The number of piperidine rings is 1. The van der Waals surface area contributed by atoms with Gasteiger partial charge in [-0.25, -0.2) is 0 Å². The zero-order chi connectivity index (χ0) is 16.8. The number of aliphatic hydroxyl groups excluding tert-OH is 1. The molecule has 0 aliphatic carbocycles. The molecule has 1 aromatic rings. The number of hydrogen-bond donors (Lipinski definition) is 1. The molecule has 0 aromatic heterocycles. The molecule has 0 bridgehead atoms. The molecule has 3 rings (SSSR count). The van der Waals surface area contributed by atoms with E-state index in [1.165, 1.54) is 5.69 Å². The monoisotopic (exact) mass is 331 g/mol. The first-order chi connectivity index (χ1) is 11.7.